The maximum Gasteiger partial charge on any atom is 0.310 e. The molecular weight excluding hydrogens is 302 g/mol. The summed E-state index contributed by atoms with van der Waals surface area (Å²) in [6.45, 7) is 4.12. The normalized spacial score (nSPS) is 10.6. The van der Waals surface area contributed by atoms with Crippen molar-refractivity contribution in [1.29, 1.82) is 0 Å². The Hall–Kier alpha value is -2.88. The highest BCUT2D eigenvalue weighted by molar-refractivity contribution is 5.73. The molecule has 0 saturated carbocycles. The Bertz CT molecular complexity index is 817. The Balaban J connectivity index is 1.73. The molecule has 0 spiro atoms. The molecular formula is C20H19NO3. The molecule has 3 aromatic rings. The quantitative estimate of drug-likeness (QED) is 0.653. The van der Waals surface area contributed by atoms with E-state index >= 15 is 0 Å². The number of esters is 1. The van der Waals surface area contributed by atoms with Gasteiger partial charge in [0.2, 0.25) is 0 Å². The first-order valence-electron chi connectivity index (χ1n) is 7.94. The molecule has 0 atom stereocenters. The van der Waals surface area contributed by atoms with Gasteiger partial charge in [-0.25, -0.2) is 0 Å². The number of rotatable bonds is 5. The Labute approximate surface area is 141 Å². The van der Waals surface area contributed by atoms with Gasteiger partial charge in [0.25, 0.3) is 0 Å². The number of aryl methyl sites for hydroxylation is 1. The van der Waals surface area contributed by atoms with Crippen molar-refractivity contribution < 1.29 is 14.1 Å². The molecule has 0 aliphatic rings. The van der Waals surface area contributed by atoms with Gasteiger partial charge in [-0.1, -0.05) is 53.7 Å². The van der Waals surface area contributed by atoms with Crippen LogP contribution in [0.5, 0.6) is 0 Å². The fourth-order valence-electron chi connectivity index (χ4n) is 2.52. The summed E-state index contributed by atoms with van der Waals surface area (Å²) in [5, 5.41) is 3.91. The largest absolute Gasteiger partial charge is 0.466 e. The fraction of sp³-hybridized carbons (Fsp3) is 0.200. The molecule has 122 valence electrons. The van der Waals surface area contributed by atoms with Crippen LogP contribution in [0.4, 0.5) is 0 Å². The third-order valence-corrected chi connectivity index (χ3v) is 3.74. The first-order chi connectivity index (χ1) is 11.7. The van der Waals surface area contributed by atoms with Gasteiger partial charge < -0.3 is 9.26 Å². The highest BCUT2D eigenvalue weighted by Crippen LogP contribution is 2.25. The summed E-state index contributed by atoms with van der Waals surface area (Å²) in [4.78, 5) is 11.5. The molecule has 0 unspecified atom stereocenters. The lowest BCUT2D eigenvalue weighted by atomic mass is 10.0. The maximum atomic E-state index is 11.5. The number of ether oxygens (including phenoxy) is 1. The predicted octanol–water partition coefficient (Wildman–Crippen LogP) is 4.42. The van der Waals surface area contributed by atoms with E-state index in [0.29, 0.717) is 13.0 Å². The van der Waals surface area contributed by atoms with E-state index in [0.717, 1.165) is 33.7 Å². The van der Waals surface area contributed by atoms with Crippen molar-refractivity contribution >= 4 is 5.97 Å². The van der Waals surface area contributed by atoms with Crippen LogP contribution in [0.3, 0.4) is 0 Å². The van der Waals surface area contributed by atoms with Crippen LogP contribution in [0.25, 0.3) is 22.5 Å². The van der Waals surface area contributed by atoms with Crippen LogP contribution in [-0.2, 0) is 16.0 Å². The summed E-state index contributed by atoms with van der Waals surface area (Å²) in [5.41, 5.74) is 5.02. The lowest BCUT2D eigenvalue weighted by Crippen LogP contribution is -2.07. The highest BCUT2D eigenvalue weighted by atomic mass is 16.5. The van der Waals surface area contributed by atoms with Crippen LogP contribution in [0.1, 0.15) is 18.2 Å². The maximum absolute atomic E-state index is 11.5. The molecule has 0 bridgehead atoms. The number of hydrogen-bond donors (Lipinski definition) is 0. The zero-order chi connectivity index (χ0) is 16.9. The van der Waals surface area contributed by atoms with E-state index in [1.807, 2.05) is 68.4 Å². The molecule has 0 aliphatic heterocycles. The van der Waals surface area contributed by atoms with Crippen molar-refractivity contribution in [2.75, 3.05) is 6.61 Å². The van der Waals surface area contributed by atoms with E-state index in [1.165, 1.54) is 0 Å². The molecule has 0 N–H and O–H groups in total. The number of benzene rings is 2. The van der Waals surface area contributed by atoms with Crippen LogP contribution in [0, 0.1) is 6.92 Å². The standard InChI is InChI=1S/C20H19NO3/c1-3-23-20(22)13-15-4-6-16(7-5-15)17-8-10-18(11-9-17)19-12-14(2)21-24-19/h4-12H,3,13H2,1-2H3. The van der Waals surface area contributed by atoms with Gasteiger partial charge in [0, 0.05) is 11.6 Å². The van der Waals surface area contributed by atoms with E-state index in [9.17, 15) is 4.79 Å². The number of nitrogens with zero attached hydrogens (tertiary/aromatic N) is 1. The number of carbonyl (C=O) groups excluding carboxylic acids is 1. The van der Waals surface area contributed by atoms with Crippen molar-refractivity contribution in [3.63, 3.8) is 0 Å². The Kier molecular flexibility index (Phi) is 4.75. The second-order valence-corrected chi connectivity index (χ2v) is 5.59. The topological polar surface area (TPSA) is 52.3 Å². The molecule has 0 amide bonds. The van der Waals surface area contributed by atoms with Crippen LogP contribution in [0.15, 0.2) is 59.1 Å². The molecule has 4 nitrogen and oxygen atoms in total. The molecule has 0 radical (unpaired) electrons. The molecule has 0 aliphatic carbocycles. The average Bonchev–Trinajstić information content (AvgIpc) is 3.02. The van der Waals surface area contributed by atoms with Crippen LogP contribution < -0.4 is 0 Å². The monoisotopic (exact) mass is 321 g/mol. The molecule has 4 heteroatoms. The minimum absolute atomic E-state index is 0.197. The minimum atomic E-state index is -0.197. The second kappa shape index (κ2) is 7.13. The van der Waals surface area contributed by atoms with Gasteiger partial charge in [-0.2, -0.15) is 0 Å². The Morgan fingerprint density at radius 2 is 1.58 bits per heavy atom. The fourth-order valence-corrected chi connectivity index (χ4v) is 2.52. The highest BCUT2D eigenvalue weighted by Gasteiger charge is 2.06. The van der Waals surface area contributed by atoms with Crippen molar-refractivity contribution in [1.82, 2.24) is 5.16 Å². The lowest BCUT2D eigenvalue weighted by molar-refractivity contribution is -0.142. The zero-order valence-electron chi connectivity index (χ0n) is 13.8. The lowest BCUT2D eigenvalue weighted by Gasteiger charge is -2.05. The Morgan fingerprint density at radius 1 is 1.00 bits per heavy atom. The van der Waals surface area contributed by atoms with Gasteiger partial charge in [-0.05, 0) is 30.5 Å². The van der Waals surface area contributed by atoms with Gasteiger partial charge in [0.15, 0.2) is 5.76 Å². The molecule has 2 aromatic carbocycles. The summed E-state index contributed by atoms with van der Waals surface area (Å²) in [6, 6.07) is 18.0. The van der Waals surface area contributed by atoms with Crippen molar-refractivity contribution in [2.24, 2.45) is 0 Å². The summed E-state index contributed by atoms with van der Waals surface area (Å²) >= 11 is 0. The number of carbonyl (C=O) groups is 1. The van der Waals surface area contributed by atoms with E-state index in [1.54, 1.807) is 0 Å². The van der Waals surface area contributed by atoms with Gasteiger partial charge in [-0.15, -0.1) is 0 Å². The summed E-state index contributed by atoms with van der Waals surface area (Å²) in [5.74, 6) is 0.570. The first kappa shape index (κ1) is 16.0. The van der Waals surface area contributed by atoms with Crippen LogP contribution in [-0.4, -0.2) is 17.7 Å². The summed E-state index contributed by atoms with van der Waals surface area (Å²) in [7, 11) is 0. The smallest absolute Gasteiger partial charge is 0.310 e. The molecule has 1 heterocycles. The third kappa shape index (κ3) is 3.71. The van der Waals surface area contributed by atoms with Gasteiger partial charge >= 0.3 is 5.97 Å². The minimum Gasteiger partial charge on any atom is -0.466 e. The second-order valence-electron chi connectivity index (χ2n) is 5.59. The van der Waals surface area contributed by atoms with Gasteiger partial charge in [0.05, 0.1) is 18.7 Å². The summed E-state index contributed by atoms with van der Waals surface area (Å²) < 4.78 is 10.2. The van der Waals surface area contributed by atoms with E-state index in [4.69, 9.17) is 9.26 Å². The zero-order valence-corrected chi connectivity index (χ0v) is 13.8. The van der Waals surface area contributed by atoms with Gasteiger partial charge in [-0.3, -0.25) is 4.79 Å². The van der Waals surface area contributed by atoms with Crippen LogP contribution in [0.2, 0.25) is 0 Å². The Morgan fingerprint density at radius 3 is 2.12 bits per heavy atom. The third-order valence-electron chi connectivity index (χ3n) is 3.74. The molecule has 0 fully saturated rings. The summed E-state index contributed by atoms with van der Waals surface area (Å²) in [6.07, 6.45) is 0.303. The van der Waals surface area contributed by atoms with E-state index in [-0.39, 0.29) is 5.97 Å². The number of hydrogen-bond acceptors (Lipinski definition) is 4. The van der Waals surface area contributed by atoms with Crippen molar-refractivity contribution in [2.45, 2.75) is 20.3 Å². The number of aromatic nitrogens is 1. The first-order valence-corrected chi connectivity index (χ1v) is 7.94. The van der Waals surface area contributed by atoms with Crippen molar-refractivity contribution in [3.8, 4) is 22.5 Å². The SMILES string of the molecule is CCOC(=O)Cc1ccc(-c2ccc(-c3cc(C)no3)cc2)cc1. The molecule has 24 heavy (non-hydrogen) atoms. The van der Waals surface area contributed by atoms with Crippen molar-refractivity contribution in [3.05, 3.63) is 65.9 Å². The van der Waals surface area contributed by atoms with E-state index in [2.05, 4.69) is 5.16 Å². The van der Waals surface area contributed by atoms with Gasteiger partial charge in [0.1, 0.15) is 0 Å². The van der Waals surface area contributed by atoms with Crippen LogP contribution >= 0.6 is 0 Å². The molecule has 0 saturated heterocycles. The molecule has 1 aromatic heterocycles. The average molecular weight is 321 g/mol. The molecule has 3 rings (SSSR count). The predicted molar refractivity (Wildman–Crippen MR) is 92.4 cm³/mol. The van der Waals surface area contributed by atoms with E-state index < -0.39 is 0 Å².